The third kappa shape index (κ3) is 4.08. The maximum absolute atomic E-state index is 13.1. The summed E-state index contributed by atoms with van der Waals surface area (Å²) in [6.45, 7) is 9.37. The van der Waals surface area contributed by atoms with Gasteiger partial charge in [-0.1, -0.05) is 36.2 Å². The Hall–Kier alpha value is -2.05. The fourth-order valence-electron chi connectivity index (χ4n) is 3.97. The summed E-state index contributed by atoms with van der Waals surface area (Å²) < 4.78 is 6.01. The van der Waals surface area contributed by atoms with E-state index in [-0.39, 0.29) is 17.3 Å². The van der Waals surface area contributed by atoms with Gasteiger partial charge in [-0.3, -0.25) is 9.69 Å². The number of ketones is 1. The maximum atomic E-state index is 13.1. The van der Waals surface area contributed by atoms with E-state index in [2.05, 4.69) is 16.7 Å². The van der Waals surface area contributed by atoms with Gasteiger partial charge in [-0.15, -0.1) is 0 Å². The van der Waals surface area contributed by atoms with Crippen molar-refractivity contribution in [2.45, 2.75) is 20.4 Å². The third-order valence-electron chi connectivity index (χ3n) is 5.76. The van der Waals surface area contributed by atoms with Crippen LogP contribution in [0.1, 0.15) is 34.0 Å². The van der Waals surface area contributed by atoms with Crippen LogP contribution in [0, 0.1) is 6.92 Å². The molecule has 0 amide bonds. The second-order valence-corrected chi connectivity index (χ2v) is 8.53. The van der Waals surface area contributed by atoms with Crippen molar-refractivity contribution < 1.29 is 14.6 Å². The van der Waals surface area contributed by atoms with Gasteiger partial charge >= 0.3 is 0 Å². The SMILES string of the molecule is CCN1CCN(Cc2c(O)cc(C)c3c2O/C(=C\c2ccc(Cl)c(Cl)c2)C3=O)CC1. The monoisotopic (exact) mass is 446 g/mol. The van der Waals surface area contributed by atoms with E-state index >= 15 is 0 Å². The number of allylic oxidation sites excluding steroid dienone is 1. The van der Waals surface area contributed by atoms with E-state index in [0.29, 0.717) is 39.0 Å². The van der Waals surface area contributed by atoms with Gasteiger partial charge < -0.3 is 14.7 Å². The predicted molar refractivity (Wildman–Crippen MR) is 120 cm³/mol. The number of aromatic hydroxyl groups is 1. The summed E-state index contributed by atoms with van der Waals surface area (Å²) in [5.41, 5.74) is 2.59. The summed E-state index contributed by atoms with van der Waals surface area (Å²) >= 11 is 12.1. The number of nitrogens with zero attached hydrogens (tertiary/aromatic N) is 2. The number of carbonyl (C=O) groups is 1. The fraction of sp³-hybridized carbons (Fsp3) is 0.348. The molecule has 2 aliphatic rings. The number of aryl methyl sites for hydroxylation is 1. The van der Waals surface area contributed by atoms with E-state index in [1.165, 1.54) is 0 Å². The van der Waals surface area contributed by atoms with Gasteiger partial charge in [0.1, 0.15) is 11.5 Å². The van der Waals surface area contributed by atoms with E-state index in [1.54, 1.807) is 30.3 Å². The molecule has 0 unspecified atom stereocenters. The van der Waals surface area contributed by atoms with Crippen molar-refractivity contribution in [1.29, 1.82) is 0 Å². The van der Waals surface area contributed by atoms with Crippen molar-refractivity contribution in [3.05, 3.63) is 62.3 Å². The van der Waals surface area contributed by atoms with Gasteiger partial charge in [0.2, 0.25) is 5.78 Å². The number of phenols is 1. The van der Waals surface area contributed by atoms with Crippen molar-refractivity contribution >= 4 is 35.1 Å². The van der Waals surface area contributed by atoms with Crippen LogP contribution >= 0.6 is 23.2 Å². The van der Waals surface area contributed by atoms with Crippen LogP contribution in [0.3, 0.4) is 0 Å². The molecule has 4 rings (SSSR count). The number of carbonyl (C=O) groups excluding carboxylic acids is 1. The first-order valence-corrected chi connectivity index (χ1v) is 10.8. The Morgan fingerprint density at radius 1 is 1.10 bits per heavy atom. The van der Waals surface area contributed by atoms with E-state index < -0.39 is 0 Å². The van der Waals surface area contributed by atoms with Crippen LogP contribution in [0.2, 0.25) is 10.0 Å². The molecule has 0 bridgehead atoms. The van der Waals surface area contributed by atoms with Crippen LogP contribution in [0.25, 0.3) is 6.08 Å². The molecule has 7 heteroatoms. The highest BCUT2D eigenvalue weighted by molar-refractivity contribution is 6.42. The summed E-state index contributed by atoms with van der Waals surface area (Å²) in [5, 5.41) is 11.5. The second kappa shape index (κ2) is 8.60. The van der Waals surface area contributed by atoms with Crippen molar-refractivity contribution in [2.24, 2.45) is 0 Å². The fourth-order valence-corrected chi connectivity index (χ4v) is 4.28. The van der Waals surface area contributed by atoms with Gasteiger partial charge in [-0.2, -0.15) is 0 Å². The number of rotatable bonds is 4. The van der Waals surface area contributed by atoms with Gasteiger partial charge in [0.15, 0.2) is 5.76 Å². The lowest BCUT2D eigenvalue weighted by Gasteiger charge is -2.34. The quantitative estimate of drug-likeness (QED) is 0.685. The van der Waals surface area contributed by atoms with Crippen LogP contribution in [0.4, 0.5) is 0 Å². The minimum atomic E-state index is -0.189. The summed E-state index contributed by atoms with van der Waals surface area (Å²) in [4.78, 5) is 17.7. The molecule has 1 fully saturated rings. The van der Waals surface area contributed by atoms with Crippen LogP contribution < -0.4 is 4.74 Å². The first kappa shape index (κ1) is 21.2. The molecule has 0 atom stereocenters. The lowest BCUT2D eigenvalue weighted by Crippen LogP contribution is -2.45. The molecule has 2 aromatic rings. The minimum absolute atomic E-state index is 0.160. The normalized spacial score (nSPS) is 18.7. The molecular formula is C23H24Cl2N2O3. The van der Waals surface area contributed by atoms with Crippen LogP contribution in [-0.4, -0.2) is 53.4 Å². The zero-order chi connectivity index (χ0) is 21.4. The van der Waals surface area contributed by atoms with Gasteiger partial charge in [0.05, 0.1) is 21.2 Å². The number of likely N-dealkylation sites (N-methyl/N-ethyl adjacent to an activating group) is 1. The number of hydrogen-bond donors (Lipinski definition) is 1. The number of benzene rings is 2. The Kier molecular flexibility index (Phi) is 6.07. The highest BCUT2D eigenvalue weighted by atomic mass is 35.5. The largest absolute Gasteiger partial charge is 0.507 e. The molecule has 30 heavy (non-hydrogen) atoms. The van der Waals surface area contributed by atoms with Gasteiger partial charge in [-0.25, -0.2) is 0 Å². The molecule has 0 saturated carbocycles. The van der Waals surface area contributed by atoms with Gasteiger partial charge in [0, 0.05) is 32.7 Å². The molecule has 1 N–H and O–H groups in total. The standard InChI is InChI=1S/C23H24Cl2N2O3/c1-3-26-6-8-27(9-7-26)13-16-19(28)10-14(2)21-22(29)20(30-23(16)21)12-15-4-5-17(24)18(25)11-15/h4-5,10-12,28H,3,6-9,13H2,1-2H3/b20-12-. The summed E-state index contributed by atoms with van der Waals surface area (Å²) in [6.07, 6.45) is 1.66. The first-order chi connectivity index (χ1) is 14.4. The topological polar surface area (TPSA) is 53.0 Å². The molecule has 5 nitrogen and oxygen atoms in total. The molecule has 0 aliphatic carbocycles. The third-order valence-corrected chi connectivity index (χ3v) is 6.50. The Bertz CT molecular complexity index is 1030. The number of hydrogen-bond acceptors (Lipinski definition) is 5. The lowest BCUT2D eigenvalue weighted by atomic mass is 9.99. The van der Waals surface area contributed by atoms with Crippen LogP contribution in [0.5, 0.6) is 11.5 Å². The second-order valence-electron chi connectivity index (χ2n) is 7.72. The van der Waals surface area contributed by atoms with E-state index in [0.717, 1.165) is 38.3 Å². The van der Waals surface area contributed by atoms with Crippen LogP contribution in [-0.2, 0) is 6.54 Å². The molecule has 0 radical (unpaired) electrons. The number of phenolic OH excluding ortho intramolecular Hbond substituents is 1. The van der Waals surface area contributed by atoms with Crippen LogP contribution in [0.15, 0.2) is 30.0 Å². The van der Waals surface area contributed by atoms with Crippen molar-refractivity contribution in [1.82, 2.24) is 9.80 Å². The molecular weight excluding hydrogens is 423 g/mol. The molecule has 0 spiro atoms. The average Bonchev–Trinajstić information content (AvgIpc) is 3.05. The first-order valence-electron chi connectivity index (χ1n) is 10.1. The van der Waals surface area contributed by atoms with Crippen molar-refractivity contribution in [3.8, 4) is 11.5 Å². The smallest absolute Gasteiger partial charge is 0.232 e. The summed E-state index contributed by atoms with van der Waals surface area (Å²) in [6, 6.07) is 6.80. The minimum Gasteiger partial charge on any atom is -0.507 e. The summed E-state index contributed by atoms with van der Waals surface area (Å²) in [7, 11) is 0. The van der Waals surface area contributed by atoms with Crippen molar-refractivity contribution in [3.63, 3.8) is 0 Å². The number of Topliss-reactive ketones (excluding diaryl/α,β-unsaturated/α-hetero) is 1. The zero-order valence-corrected chi connectivity index (χ0v) is 18.6. The molecule has 158 valence electrons. The highest BCUT2D eigenvalue weighted by Gasteiger charge is 2.34. The predicted octanol–water partition coefficient (Wildman–Crippen LogP) is 4.76. The molecule has 2 aromatic carbocycles. The molecule has 2 heterocycles. The number of piperazine rings is 1. The Labute approximate surface area is 186 Å². The zero-order valence-electron chi connectivity index (χ0n) is 17.0. The number of fused-ring (bicyclic) bond motifs is 1. The number of halogens is 2. The van der Waals surface area contributed by atoms with E-state index in [9.17, 15) is 9.90 Å². The Balaban J connectivity index is 1.64. The van der Waals surface area contributed by atoms with E-state index in [1.807, 2.05) is 6.92 Å². The number of ether oxygens (including phenoxy) is 1. The molecule has 2 aliphatic heterocycles. The average molecular weight is 447 g/mol. The Morgan fingerprint density at radius 2 is 1.80 bits per heavy atom. The van der Waals surface area contributed by atoms with Crippen molar-refractivity contribution in [2.75, 3.05) is 32.7 Å². The maximum Gasteiger partial charge on any atom is 0.232 e. The van der Waals surface area contributed by atoms with Gasteiger partial charge in [0.25, 0.3) is 0 Å². The highest BCUT2D eigenvalue weighted by Crippen LogP contribution is 2.42. The molecule has 1 saturated heterocycles. The lowest BCUT2D eigenvalue weighted by molar-refractivity contribution is 0.101. The van der Waals surface area contributed by atoms with E-state index in [4.69, 9.17) is 27.9 Å². The molecule has 0 aromatic heterocycles. The Morgan fingerprint density at radius 3 is 2.47 bits per heavy atom. The van der Waals surface area contributed by atoms with Gasteiger partial charge in [-0.05, 0) is 48.9 Å². The summed E-state index contributed by atoms with van der Waals surface area (Å²) in [5.74, 6) is 0.647.